The summed E-state index contributed by atoms with van der Waals surface area (Å²) in [4.78, 5) is 29.5. The van der Waals surface area contributed by atoms with Gasteiger partial charge in [-0.2, -0.15) is 0 Å². The number of benzene rings is 7. The van der Waals surface area contributed by atoms with Gasteiger partial charge in [-0.25, -0.2) is 29.9 Å². The molecule has 0 N–H and O–H groups in total. The molecular formula is C52H34N6O. The van der Waals surface area contributed by atoms with E-state index in [0.717, 1.165) is 61.2 Å². The molecule has 10 rings (SSSR count). The fraction of sp³-hybridized carbons (Fsp3) is 0. The Morgan fingerprint density at radius 3 is 0.949 bits per heavy atom. The van der Waals surface area contributed by atoms with Gasteiger partial charge in [0, 0.05) is 27.8 Å². The van der Waals surface area contributed by atoms with E-state index in [9.17, 15) is 0 Å². The van der Waals surface area contributed by atoms with E-state index in [1.807, 2.05) is 109 Å². The molecule has 3 heterocycles. The van der Waals surface area contributed by atoms with Crippen molar-refractivity contribution >= 4 is 0 Å². The van der Waals surface area contributed by atoms with Crippen LogP contribution in [0, 0.1) is 0 Å². The van der Waals surface area contributed by atoms with Crippen molar-refractivity contribution in [2.45, 2.75) is 0 Å². The van der Waals surface area contributed by atoms with Crippen LogP contribution in [0.5, 0.6) is 0 Å². The van der Waals surface area contributed by atoms with E-state index in [2.05, 4.69) is 91.0 Å². The molecule has 7 aromatic carbocycles. The molecule has 0 radical (unpaired) electrons. The van der Waals surface area contributed by atoms with Gasteiger partial charge >= 0.3 is 0 Å². The molecular weight excluding hydrogens is 725 g/mol. The fourth-order valence-corrected chi connectivity index (χ4v) is 7.27. The van der Waals surface area contributed by atoms with Crippen molar-refractivity contribution in [3.8, 4) is 102 Å². The quantitative estimate of drug-likeness (QED) is 0.145. The summed E-state index contributed by atoms with van der Waals surface area (Å²) in [7, 11) is 0. The van der Waals surface area contributed by atoms with Gasteiger partial charge < -0.3 is 4.42 Å². The molecule has 7 heteroatoms. The molecule has 0 atom stereocenters. The third-order valence-corrected chi connectivity index (χ3v) is 10.1. The fourth-order valence-electron chi connectivity index (χ4n) is 7.27. The number of hydrogen-bond acceptors (Lipinski definition) is 7. The zero-order valence-corrected chi connectivity index (χ0v) is 31.7. The van der Waals surface area contributed by atoms with Gasteiger partial charge in [0.2, 0.25) is 0 Å². The molecule has 0 saturated heterocycles. The van der Waals surface area contributed by atoms with Crippen LogP contribution in [-0.2, 0) is 0 Å². The van der Waals surface area contributed by atoms with Gasteiger partial charge in [0.25, 0.3) is 0 Å². The largest absolute Gasteiger partial charge is 0.461 e. The number of aromatic nitrogens is 6. The molecule has 0 aliphatic rings. The second-order valence-corrected chi connectivity index (χ2v) is 13.9. The van der Waals surface area contributed by atoms with Crippen LogP contribution in [0.25, 0.3) is 102 Å². The first-order chi connectivity index (χ1) is 29.2. The number of furan rings is 1. The highest BCUT2D eigenvalue weighted by atomic mass is 16.3. The molecule has 0 unspecified atom stereocenters. The van der Waals surface area contributed by atoms with Gasteiger partial charge in [-0.15, -0.1) is 0 Å². The molecule has 0 saturated carbocycles. The molecule has 0 amide bonds. The summed E-state index contributed by atoms with van der Waals surface area (Å²) in [5, 5.41) is 0. The van der Waals surface area contributed by atoms with Crippen molar-refractivity contribution in [2.24, 2.45) is 0 Å². The monoisotopic (exact) mass is 758 g/mol. The second-order valence-electron chi connectivity index (χ2n) is 13.9. The van der Waals surface area contributed by atoms with Crippen LogP contribution in [0.3, 0.4) is 0 Å². The highest BCUT2D eigenvalue weighted by Crippen LogP contribution is 2.40. The minimum atomic E-state index is 0.477. The number of hydrogen-bond donors (Lipinski definition) is 0. The van der Waals surface area contributed by atoms with Crippen LogP contribution in [0.1, 0.15) is 0 Å². The maximum Gasteiger partial charge on any atom is 0.199 e. The van der Waals surface area contributed by atoms with Gasteiger partial charge in [-0.1, -0.05) is 176 Å². The van der Waals surface area contributed by atoms with Gasteiger partial charge in [-0.3, -0.25) is 0 Å². The number of rotatable bonds is 9. The lowest BCUT2D eigenvalue weighted by atomic mass is 9.88. The molecule has 0 aliphatic heterocycles. The number of nitrogens with zero attached hydrogens (tertiary/aromatic N) is 6. The third kappa shape index (κ3) is 7.32. The highest BCUT2D eigenvalue weighted by molar-refractivity contribution is 5.93. The van der Waals surface area contributed by atoms with Gasteiger partial charge in [0.15, 0.2) is 40.7 Å². The molecule has 0 fully saturated rings. The molecule has 0 spiro atoms. The first-order valence-corrected chi connectivity index (χ1v) is 19.4. The predicted octanol–water partition coefficient (Wildman–Crippen LogP) is 12.7. The van der Waals surface area contributed by atoms with Crippen molar-refractivity contribution in [3.63, 3.8) is 0 Å². The smallest absolute Gasteiger partial charge is 0.199 e. The zero-order chi connectivity index (χ0) is 39.4. The zero-order valence-electron chi connectivity index (χ0n) is 31.7. The van der Waals surface area contributed by atoms with E-state index in [4.69, 9.17) is 34.3 Å². The maximum absolute atomic E-state index is 5.72. The summed E-state index contributed by atoms with van der Waals surface area (Å²) in [6.07, 6.45) is 1.63. The van der Waals surface area contributed by atoms with Crippen LogP contribution in [0.2, 0.25) is 0 Å². The van der Waals surface area contributed by atoms with E-state index in [1.54, 1.807) is 6.26 Å². The summed E-state index contributed by atoms with van der Waals surface area (Å²) in [6, 6.07) is 67.6. The Kier molecular flexibility index (Phi) is 9.42. The summed E-state index contributed by atoms with van der Waals surface area (Å²) in [6.45, 7) is 0. The van der Waals surface area contributed by atoms with Crippen molar-refractivity contribution in [2.75, 3.05) is 0 Å². The topological polar surface area (TPSA) is 90.5 Å². The van der Waals surface area contributed by atoms with Crippen LogP contribution in [0.15, 0.2) is 211 Å². The summed E-state index contributed by atoms with van der Waals surface area (Å²) in [5.41, 5.74) is 11.0. The Morgan fingerprint density at radius 2 is 0.559 bits per heavy atom. The van der Waals surface area contributed by atoms with Gasteiger partial charge in [0.05, 0.1) is 6.26 Å². The Balaban J connectivity index is 1.05. The second kappa shape index (κ2) is 15.8. The SMILES string of the molecule is c1ccc(-c2nc(-c3ccccc3)nc(-c3cccc(-c4ccccc4-c4ccccc4-c4cccc(-c5nc(-c6ccccc6)nc(-c6ccco6)n5)c4)c3)n2)cc1. The molecule has 59 heavy (non-hydrogen) atoms. The van der Waals surface area contributed by atoms with Crippen molar-refractivity contribution in [1.82, 2.24) is 29.9 Å². The summed E-state index contributed by atoms with van der Waals surface area (Å²) >= 11 is 0. The van der Waals surface area contributed by atoms with E-state index in [0.29, 0.717) is 40.7 Å². The van der Waals surface area contributed by atoms with E-state index < -0.39 is 0 Å². The Bertz CT molecular complexity index is 2980. The molecule has 0 bridgehead atoms. The molecule has 0 aliphatic carbocycles. The summed E-state index contributed by atoms with van der Waals surface area (Å²) < 4.78 is 5.72. The standard InChI is InChI=1S/C52H34N6O/c1-4-17-35(18-5-1)47-53-48(36-19-6-2-7-20-36)55-50(54-47)40-25-14-23-38(33-40)42-27-10-12-29-44(42)45-30-13-11-28-43(45)39-24-15-26-41(34-39)51-56-49(37-21-8-3-9-22-37)57-52(58-51)46-31-16-32-59-46/h1-34H. The third-order valence-electron chi connectivity index (χ3n) is 10.1. The van der Waals surface area contributed by atoms with Crippen molar-refractivity contribution in [3.05, 3.63) is 206 Å². The lowest BCUT2D eigenvalue weighted by molar-refractivity contribution is 0.577. The Hall–Kier alpha value is -8.16. The highest BCUT2D eigenvalue weighted by Gasteiger charge is 2.18. The van der Waals surface area contributed by atoms with Crippen LogP contribution >= 0.6 is 0 Å². The lowest BCUT2D eigenvalue weighted by Crippen LogP contribution is -2.00. The van der Waals surface area contributed by atoms with Gasteiger partial charge in [0.1, 0.15) is 0 Å². The lowest BCUT2D eigenvalue weighted by Gasteiger charge is -2.16. The van der Waals surface area contributed by atoms with Crippen molar-refractivity contribution in [1.29, 1.82) is 0 Å². The van der Waals surface area contributed by atoms with E-state index in [-0.39, 0.29) is 0 Å². The molecule has 278 valence electrons. The van der Waals surface area contributed by atoms with E-state index >= 15 is 0 Å². The van der Waals surface area contributed by atoms with Crippen molar-refractivity contribution < 1.29 is 4.42 Å². The molecule has 3 aromatic heterocycles. The van der Waals surface area contributed by atoms with Crippen LogP contribution in [0.4, 0.5) is 0 Å². The minimum absolute atomic E-state index is 0.477. The Morgan fingerprint density at radius 1 is 0.237 bits per heavy atom. The van der Waals surface area contributed by atoms with E-state index in [1.165, 1.54) is 0 Å². The molecule has 10 aromatic rings. The maximum atomic E-state index is 5.72. The average Bonchev–Trinajstić information content (AvgIpc) is 3.88. The average molecular weight is 759 g/mol. The van der Waals surface area contributed by atoms with Crippen LogP contribution < -0.4 is 0 Å². The predicted molar refractivity (Wildman–Crippen MR) is 234 cm³/mol. The molecule has 7 nitrogen and oxygen atoms in total. The first kappa shape index (κ1) is 35.3. The minimum Gasteiger partial charge on any atom is -0.461 e. The first-order valence-electron chi connectivity index (χ1n) is 19.4. The summed E-state index contributed by atoms with van der Waals surface area (Å²) in [5.74, 6) is 4.06. The normalized spacial score (nSPS) is 11.1. The van der Waals surface area contributed by atoms with Gasteiger partial charge in [-0.05, 0) is 57.6 Å². The Labute approximate surface area is 341 Å². The van der Waals surface area contributed by atoms with Crippen LogP contribution in [-0.4, -0.2) is 29.9 Å².